The van der Waals surface area contributed by atoms with Crippen LogP contribution in [0.1, 0.15) is 38.8 Å². The third kappa shape index (κ3) is 2.86. The number of nitrogens with zero attached hydrogens (tertiary/aromatic N) is 3. The van der Waals surface area contributed by atoms with Gasteiger partial charge >= 0.3 is 0 Å². The molecule has 2 rings (SSSR count). The highest BCUT2D eigenvalue weighted by Gasteiger charge is 2.25. The van der Waals surface area contributed by atoms with Crippen LogP contribution >= 0.6 is 0 Å². The normalized spacial score (nSPS) is 20.7. The van der Waals surface area contributed by atoms with E-state index in [9.17, 15) is 0 Å². The van der Waals surface area contributed by atoms with Gasteiger partial charge in [0.25, 0.3) is 0 Å². The summed E-state index contributed by atoms with van der Waals surface area (Å²) >= 11 is 0. The summed E-state index contributed by atoms with van der Waals surface area (Å²) in [5.41, 5.74) is 7.01. The van der Waals surface area contributed by atoms with Crippen LogP contribution in [0.15, 0.2) is 6.20 Å². The largest absolute Gasteiger partial charge is 0.338 e. The van der Waals surface area contributed by atoms with Crippen molar-refractivity contribution < 1.29 is 0 Å². The Morgan fingerprint density at radius 1 is 1.44 bits per heavy atom. The highest BCUT2D eigenvalue weighted by Crippen LogP contribution is 2.24. The summed E-state index contributed by atoms with van der Waals surface area (Å²) < 4.78 is 2.30. The molecule has 0 saturated carbocycles. The summed E-state index contributed by atoms with van der Waals surface area (Å²) in [7, 11) is 0. The van der Waals surface area contributed by atoms with E-state index < -0.39 is 0 Å². The zero-order valence-corrected chi connectivity index (χ0v) is 11.9. The molecule has 2 N–H and O–H groups in total. The lowest BCUT2D eigenvalue weighted by atomic mass is 10.0. The molecule has 1 aromatic rings. The summed E-state index contributed by atoms with van der Waals surface area (Å²) in [5, 5.41) is 0. The molecule has 1 aliphatic heterocycles. The lowest BCUT2D eigenvalue weighted by Crippen LogP contribution is -2.45. The summed E-state index contributed by atoms with van der Waals surface area (Å²) in [6.07, 6.45) is 5.91. The van der Waals surface area contributed by atoms with Gasteiger partial charge in [0.1, 0.15) is 0 Å². The van der Waals surface area contributed by atoms with E-state index >= 15 is 0 Å². The lowest BCUT2D eigenvalue weighted by molar-refractivity contribution is 0.441. The van der Waals surface area contributed by atoms with E-state index in [0.717, 1.165) is 31.3 Å². The van der Waals surface area contributed by atoms with E-state index in [4.69, 9.17) is 10.7 Å². The first-order valence-electron chi connectivity index (χ1n) is 7.12. The number of hydrogen-bond acceptors (Lipinski definition) is 3. The molecule has 4 heteroatoms. The van der Waals surface area contributed by atoms with Gasteiger partial charge in [0.2, 0.25) is 5.95 Å². The van der Waals surface area contributed by atoms with Gasteiger partial charge in [0.05, 0.1) is 5.69 Å². The van der Waals surface area contributed by atoms with Gasteiger partial charge in [-0.2, -0.15) is 0 Å². The van der Waals surface area contributed by atoms with E-state index in [0.29, 0.717) is 12.0 Å². The average molecular weight is 250 g/mol. The van der Waals surface area contributed by atoms with Crippen molar-refractivity contribution in [3.8, 4) is 0 Å². The van der Waals surface area contributed by atoms with E-state index in [2.05, 4.69) is 36.4 Å². The van der Waals surface area contributed by atoms with Gasteiger partial charge in [0, 0.05) is 31.9 Å². The second kappa shape index (κ2) is 5.74. The number of piperidine rings is 1. The summed E-state index contributed by atoms with van der Waals surface area (Å²) in [6, 6.07) is 0.464. The van der Waals surface area contributed by atoms with Gasteiger partial charge < -0.3 is 15.2 Å². The molecular formula is C14H26N4. The zero-order valence-electron chi connectivity index (χ0n) is 11.9. The minimum Gasteiger partial charge on any atom is -0.338 e. The van der Waals surface area contributed by atoms with E-state index in [-0.39, 0.29) is 0 Å². The second-order valence-corrected chi connectivity index (χ2v) is 5.81. The highest BCUT2D eigenvalue weighted by molar-refractivity contribution is 5.36. The fourth-order valence-corrected chi connectivity index (χ4v) is 2.80. The lowest BCUT2D eigenvalue weighted by Gasteiger charge is -2.36. The number of aromatic nitrogens is 2. The molecule has 0 aliphatic carbocycles. The number of hydrogen-bond donors (Lipinski definition) is 1. The number of nitrogens with two attached hydrogens (primary N) is 1. The molecule has 0 radical (unpaired) electrons. The highest BCUT2D eigenvalue weighted by atomic mass is 15.3. The van der Waals surface area contributed by atoms with Gasteiger partial charge in [0.15, 0.2) is 0 Å². The zero-order chi connectivity index (χ0) is 13.1. The molecule has 1 unspecified atom stereocenters. The first-order chi connectivity index (χ1) is 8.61. The SMILES string of the molecule is Cc1cn(CC(C)C)c(N2CCCCC2CN)n1. The molecule has 2 heterocycles. The second-order valence-electron chi connectivity index (χ2n) is 5.81. The third-order valence-corrected chi connectivity index (χ3v) is 3.59. The molecule has 1 fully saturated rings. The number of anilines is 1. The van der Waals surface area contributed by atoms with E-state index in [1.54, 1.807) is 0 Å². The van der Waals surface area contributed by atoms with Crippen LogP contribution in [0.4, 0.5) is 5.95 Å². The molecule has 1 saturated heterocycles. The van der Waals surface area contributed by atoms with Crippen LogP contribution < -0.4 is 10.6 Å². The minimum absolute atomic E-state index is 0.464. The van der Waals surface area contributed by atoms with Crippen molar-refractivity contribution in [1.29, 1.82) is 0 Å². The molecule has 0 bridgehead atoms. The van der Waals surface area contributed by atoms with Crippen molar-refractivity contribution in [3.05, 3.63) is 11.9 Å². The van der Waals surface area contributed by atoms with E-state index in [1.165, 1.54) is 19.3 Å². The Kier molecular flexibility index (Phi) is 4.27. The Morgan fingerprint density at radius 2 is 2.22 bits per heavy atom. The van der Waals surface area contributed by atoms with Crippen LogP contribution in [0.25, 0.3) is 0 Å². The topological polar surface area (TPSA) is 47.1 Å². The van der Waals surface area contributed by atoms with Crippen LogP contribution in [-0.2, 0) is 6.54 Å². The number of aryl methyl sites for hydroxylation is 1. The molecule has 18 heavy (non-hydrogen) atoms. The average Bonchev–Trinajstić information content (AvgIpc) is 2.69. The van der Waals surface area contributed by atoms with Crippen molar-refractivity contribution >= 4 is 5.95 Å². The van der Waals surface area contributed by atoms with Crippen LogP contribution in [0, 0.1) is 12.8 Å². The van der Waals surface area contributed by atoms with Crippen LogP contribution in [0.2, 0.25) is 0 Å². The predicted octanol–water partition coefficient (Wildman–Crippen LogP) is 2.17. The third-order valence-electron chi connectivity index (χ3n) is 3.59. The number of rotatable bonds is 4. The first-order valence-corrected chi connectivity index (χ1v) is 7.12. The van der Waals surface area contributed by atoms with Crippen molar-refractivity contribution in [2.24, 2.45) is 11.7 Å². The van der Waals surface area contributed by atoms with Gasteiger partial charge in [-0.15, -0.1) is 0 Å². The quantitative estimate of drug-likeness (QED) is 0.891. The molecule has 0 amide bonds. The summed E-state index contributed by atoms with van der Waals surface area (Å²) in [4.78, 5) is 7.13. The predicted molar refractivity (Wildman–Crippen MR) is 75.8 cm³/mol. The van der Waals surface area contributed by atoms with Gasteiger partial charge in [-0.3, -0.25) is 0 Å². The van der Waals surface area contributed by atoms with Crippen molar-refractivity contribution in [2.45, 2.75) is 52.6 Å². The smallest absolute Gasteiger partial charge is 0.206 e. The molecular weight excluding hydrogens is 224 g/mol. The van der Waals surface area contributed by atoms with Gasteiger partial charge in [-0.05, 0) is 32.1 Å². The maximum Gasteiger partial charge on any atom is 0.206 e. The van der Waals surface area contributed by atoms with E-state index in [1.807, 2.05) is 0 Å². The Labute approximate surface area is 110 Å². The molecule has 1 aliphatic rings. The Bertz CT molecular complexity index is 383. The van der Waals surface area contributed by atoms with Crippen molar-refractivity contribution in [1.82, 2.24) is 9.55 Å². The van der Waals surface area contributed by atoms with Crippen molar-refractivity contribution in [3.63, 3.8) is 0 Å². The maximum atomic E-state index is 5.91. The molecule has 0 aromatic carbocycles. The molecule has 1 atom stereocenters. The Balaban J connectivity index is 2.24. The first kappa shape index (κ1) is 13.4. The van der Waals surface area contributed by atoms with Gasteiger partial charge in [-0.25, -0.2) is 4.98 Å². The summed E-state index contributed by atoms with van der Waals surface area (Å²) in [6.45, 7) is 9.42. The standard InChI is InChI=1S/C14H26N4/c1-11(2)9-17-10-12(3)16-14(17)18-7-5-4-6-13(18)8-15/h10-11,13H,4-9,15H2,1-3H3. The fraction of sp³-hybridized carbons (Fsp3) is 0.786. The molecule has 102 valence electrons. The van der Waals surface area contributed by atoms with Crippen LogP contribution in [-0.4, -0.2) is 28.7 Å². The van der Waals surface area contributed by atoms with Crippen LogP contribution in [0.3, 0.4) is 0 Å². The molecule has 4 nitrogen and oxygen atoms in total. The maximum absolute atomic E-state index is 5.91. The minimum atomic E-state index is 0.464. The Morgan fingerprint density at radius 3 is 2.89 bits per heavy atom. The van der Waals surface area contributed by atoms with Crippen molar-refractivity contribution in [2.75, 3.05) is 18.0 Å². The Hall–Kier alpha value is -1.03. The van der Waals surface area contributed by atoms with Crippen LogP contribution in [0.5, 0.6) is 0 Å². The number of imidazole rings is 1. The summed E-state index contributed by atoms with van der Waals surface area (Å²) in [5.74, 6) is 1.76. The van der Waals surface area contributed by atoms with Gasteiger partial charge in [-0.1, -0.05) is 13.8 Å². The molecule has 0 spiro atoms. The monoisotopic (exact) mass is 250 g/mol. The molecule has 1 aromatic heterocycles. The fourth-order valence-electron chi connectivity index (χ4n) is 2.80.